The largest absolute Gasteiger partial charge is 0.375 e. The van der Waals surface area contributed by atoms with Crippen molar-refractivity contribution in [3.63, 3.8) is 0 Å². The minimum atomic E-state index is -0.334. The summed E-state index contributed by atoms with van der Waals surface area (Å²) in [5.74, 6) is -0.173. The molecule has 0 N–H and O–H groups in total. The number of hydrogen-bond donors (Lipinski definition) is 0. The van der Waals surface area contributed by atoms with Gasteiger partial charge in [-0.1, -0.05) is 18.2 Å². The molecule has 1 aromatic carbocycles. The summed E-state index contributed by atoms with van der Waals surface area (Å²) in [4.78, 5) is 26.8. The van der Waals surface area contributed by atoms with E-state index in [-0.39, 0.29) is 29.6 Å². The van der Waals surface area contributed by atoms with Crippen LogP contribution >= 0.6 is 11.8 Å². The molecule has 1 fully saturated rings. The van der Waals surface area contributed by atoms with Gasteiger partial charge in [0.05, 0.1) is 5.75 Å². The topological polar surface area (TPSA) is 49.9 Å². The Morgan fingerprint density at radius 2 is 2.23 bits per heavy atom. The molecule has 120 valence electrons. The number of carbonyl (C=O) groups is 2. The van der Waals surface area contributed by atoms with E-state index in [9.17, 15) is 14.0 Å². The van der Waals surface area contributed by atoms with E-state index in [0.29, 0.717) is 24.4 Å². The summed E-state index contributed by atoms with van der Waals surface area (Å²) in [6.07, 6.45) is 0. The third kappa shape index (κ3) is 3.78. The molecule has 1 aliphatic heterocycles. The maximum atomic E-state index is 13.9. The molecule has 0 radical (unpaired) electrons. The van der Waals surface area contributed by atoms with E-state index in [2.05, 4.69) is 0 Å². The molecule has 0 aliphatic carbocycles. The lowest BCUT2D eigenvalue weighted by Crippen LogP contribution is -2.39. The molecule has 1 aliphatic rings. The Morgan fingerprint density at radius 3 is 2.91 bits per heavy atom. The van der Waals surface area contributed by atoms with Crippen LogP contribution in [0.1, 0.15) is 10.9 Å². The molecule has 2 rings (SSSR count). The van der Waals surface area contributed by atoms with Crippen LogP contribution in [0.4, 0.5) is 4.39 Å². The highest BCUT2D eigenvalue weighted by Gasteiger charge is 2.34. The third-order valence-electron chi connectivity index (χ3n) is 3.51. The number of rotatable bonds is 6. The lowest BCUT2D eigenvalue weighted by Gasteiger charge is -2.27. The molecule has 1 saturated heterocycles. The first-order chi connectivity index (χ1) is 10.5. The van der Waals surface area contributed by atoms with Gasteiger partial charge in [-0.05, 0) is 6.07 Å². The van der Waals surface area contributed by atoms with Gasteiger partial charge in [0.15, 0.2) is 0 Å². The van der Waals surface area contributed by atoms with Crippen molar-refractivity contribution in [2.24, 2.45) is 0 Å². The molecule has 0 saturated carbocycles. The summed E-state index contributed by atoms with van der Waals surface area (Å²) in [5.41, 5.74) is 0.504. The number of nitrogens with zero attached hydrogens (tertiary/aromatic N) is 2. The number of likely N-dealkylation sites (N-methyl/N-ethyl adjacent to an activating group) is 1. The zero-order chi connectivity index (χ0) is 16.1. The van der Waals surface area contributed by atoms with Gasteiger partial charge in [0.25, 0.3) is 0 Å². The second-order valence-corrected chi connectivity index (χ2v) is 6.09. The average Bonchev–Trinajstić information content (AvgIpc) is 2.86. The fraction of sp³-hybridized carbons (Fsp3) is 0.467. The molecule has 1 aromatic rings. The fourth-order valence-electron chi connectivity index (χ4n) is 2.24. The Kier molecular flexibility index (Phi) is 5.79. The van der Waals surface area contributed by atoms with Crippen LogP contribution in [0.2, 0.25) is 0 Å². The van der Waals surface area contributed by atoms with Crippen LogP contribution in [-0.4, -0.2) is 61.2 Å². The van der Waals surface area contributed by atoms with Gasteiger partial charge < -0.3 is 14.5 Å². The zero-order valence-electron chi connectivity index (χ0n) is 12.6. The number of carbonyl (C=O) groups excluding carboxylic acids is 2. The van der Waals surface area contributed by atoms with Gasteiger partial charge in [-0.15, -0.1) is 11.8 Å². The fourth-order valence-corrected chi connectivity index (χ4v) is 3.48. The highest BCUT2D eigenvalue weighted by Crippen LogP contribution is 2.39. The van der Waals surface area contributed by atoms with Crippen molar-refractivity contribution in [1.29, 1.82) is 0 Å². The van der Waals surface area contributed by atoms with Crippen LogP contribution in [0.3, 0.4) is 0 Å². The van der Waals surface area contributed by atoms with Crippen LogP contribution < -0.4 is 0 Å². The van der Waals surface area contributed by atoms with E-state index in [1.165, 1.54) is 29.8 Å². The SMILES string of the molecule is COCC(=O)N(C)CCN1C(=O)CSC1c1ccccc1F. The molecular weight excluding hydrogens is 307 g/mol. The Labute approximate surface area is 133 Å². The summed E-state index contributed by atoms with van der Waals surface area (Å²) in [6, 6.07) is 6.47. The quantitative estimate of drug-likeness (QED) is 0.795. The standard InChI is InChI=1S/C15H19FN2O3S/c1-17(13(19)9-21-2)7-8-18-14(20)10-22-15(18)11-5-3-4-6-12(11)16/h3-6,15H,7-10H2,1-2H3. The molecule has 7 heteroatoms. The Bertz CT molecular complexity index is 555. The van der Waals surface area contributed by atoms with Crippen molar-refractivity contribution in [1.82, 2.24) is 9.80 Å². The number of halogens is 1. The average molecular weight is 326 g/mol. The first kappa shape index (κ1) is 16.8. The molecule has 22 heavy (non-hydrogen) atoms. The maximum Gasteiger partial charge on any atom is 0.248 e. The second kappa shape index (κ2) is 7.60. The van der Waals surface area contributed by atoms with Gasteiger partial charge in [-0.25, -0.2) is 4.39 Å². The van der Waals surface area contributed by atoms with Gasteiger partial charge in [0.1, 0.15) is 17.8 Å². The number of benzene rings is 1. The second-order valence-electron chi connectivity index (χ2n) is 5.02. The van der Waals surface area contributed by atoms with E-state index >= 15 is 0 Å². The van der Waals surface area contributed by atoms with Gasteiger partial charge in [0.2, 0.25) is 11.8 Å². The van der Waals surface area contributed by atoms with Crippen molar-refractivity contribution in [3.05, 3.63) is 35.6 Å². The first-order valence-corrected chi connectivity index (χ1v) is 7.98. The van der Waals surface area contributed by atoms with Crippen LogP contribution in [0, 0.1) is 5.82 Å². The number of thioether (sulfide) groups is 1. The van der Waals surface area contributed by atoms with Gasteiger partial charge in [-0.3, -0.25) is 9.59 Å². The van der Waals surface area contributed by atoms with Gasteiger partial charge in [-0.2, -0.15) is 0 Å². The van der Waals surface area contributed by atoms with E-state index < -0.39 is 0 Å². The molecule has 5 nitrogen and oxygen atoms in total. The molecular formula is C15H19FN2O3S. The minimum absolute atomic E-state index is 0.00986. The highest BCUT2D eigenvalue weighted by atomic mass is 32.2. The summed E-state index contributed by atoms with van der Waals surface area (Å²) < 4.78 is 18.7. The van der Waals surface area contributed by atoms with E-state index in [4.69, 9.17) is 4.74 Å². The van der Waals surface area contributed by atoms with Crippen molar-refractivity contribution in [2.45, 2.75) is 5.37 Å². The first-order valence-electron chi connectivity index (χ1n) is 6.93. The Hall–Kier alpha value is -1.60. The molecule has 1 heterocycles. The van der Waals surface area contributed by atoms with Crippen LogP contribution in [0.5, 0.6) is 0 Å². The summed E-state index contributed by atoms with van der Waals surface area (Å²) >= 11 is 1.40. The number of ether oxygens (including phenoxy) is 1. The normalized spacial score (nSPS) is 17.9. The van der Waals surface area contributed by atoms with Gasteiger partial charge in [0, 0.05) is 32.8 Å². The monoisotopic (exact) mass is 326 g/mol. The molecule has 2 amide bonds. The van der Waals surface area contributed by atoms with Crippen LogP contribution in [-0.2, 0) is 14.3 Å². The summed E-state index contributed by atoms with van der Waals surface area (Å²) in [6.45, 7) is 0.770. The lowest BCUT2D eigenvalue weighted by molar-refractivity contribution is -0.135. The minimum Gasteiger partial charge on any atom is -0.375 e. The molecule has 0 bridgehead atoms. The van der Waals surface area contributed by atoms with Crippen molar-refractivity contribution in [2.75, 3.05) is 39.6 Å². The van der Waals surface area contributed by atoms with Crippen molar-refractivity contribution >= 4 is 23.6 Å². The van der Waals surface area contributed by atoms with Gasteiger partial charge >= 0.3 is 0 Å². The van der Waals surface area contributed by atoms with Crippen LogP contribution in [0.15, 0.2) is 24.3 Å². The predicted molar refractivity (Wildman–Crippen MR) is 82.8 cm³/mol. The van der Waals surface area contributed by atoms with Crippen molar-refractivity contribution < 1.29 is 18.7 Å². The predicted octanol–water partition coefficient (Wildman–Crippen LogP) is 1.50. The third-order valence-corrected chi connectivity index (χ3v) is 4.75. The maximum absolute atomic E-state index is 13.9. The molecule has 0 spiro atoms. The molecule has 1 atom stereocenters. The number of hydrogen-bond acceptors (Lipinski definition) is 4. The van der Waals surface area contributed by atoms with E-state index in [0.717, 1.165) is 0 Å². The Morgan fingerprint density at radius 1 is 1.50 bits per heavy atom. The lowest BCUT2D eigenvalue weighted by atomic mass is 10.2. The van der Waals surface area contributed by atoms with Crippen molar-refractivity contribution in [3.8, 4) is 0 Å². The number of amides is 2. The summed E-state index contributed by atoms with van der Waals surface area (Å²) in [5, 5.41) is -0.334. The Balaban J connectivity index is 2.03. The zero-order valence-corrected chi connectivity index (χ0v) is 13.4. The smallest absolute Gasteiger partial charge is 0.248 e. The van der Waals surface area contributed by atoms with E-state index in [1.807, 2.05) is 0 Å². The molecule has 0 aromatic heterocycles. The van der Waals surface area contributed by atoms with E-state index in [1.54, 1.807) is 30.1 Å². The molecule has 1 unspecified atom stereocenters. The number of methoxy groups -OCH3 is 1. The highest BCUT2D eigenvalue weighted by molar-refractivity contribution is 8.00. The van der Waals surface area contributed by atoms with Crippen LogP contribution in [0.25, 0.3) is 0 Å². The summed E-state index contributed by atoms with van der Waals surface area (Å²) in [7, 11) is 3.12.